The number of carbonyl (C=O) groups excluding carboxylic acids is 1. The monoisotopic (exact) mass is 1140 g/mol. The Morgan fingerprint density at radius 2 is 0.797 bits per heavy atom. The van der Waals surface area contributed by atoms with Gasteiger partial charge in [0.1, 0.15) is 24.4 Å². The minimum absolute atomic E-state index is 0.253. The van der Waals surface area contributed by atoms with Gasteiger partial charge in [-0.15, -0.1) is 0 Å². The number of rotatable bonds is 61. The molecule has 0 radical (unpaired) electrons. The van der Waals surface area contributed by atoms with Gasteiger partial charge >= 0.3 is 10.4 Å². The van der Waals surface area contributed by atoms with E-state index in [1.54, 1.807) is 6.08 Å². The van der Waals surface area contributed by atoms with Crippen LogP contribution in [-0.2, 0) is 28.9 Å². The van der Waals surface area contributed by atoms with Gasteiger partial charge in [0.2, 0.25) is 5.91 Å². The third kappa shape index (κ3) is 47.8. The van der Waals surface area contributed by atoms with E-state index in [4.69, 9.17) is 9.47 Å². The molecule has 1 fully saturated rings. The number of allylic oxidation sites excluding steroid dienone is 1. The molecule has 0 aliphatic carbocycles. The van der Waals surface area contributed by atoms with Crippen molar-refractivity contribution in [1.29, 1.82) is 0 Å². The van der Waals surface area contributed by atoms with Crippen molar-refractivity contribution >= 4 is 16.3 Å². The minimum atomic E-state index is -5.09. The zero-order valence-corrected chi connectivity index (χ0v) is 52.3. The van der Waals surface area contributed by atoms with E-state index in [0.29, 0.717) is 6.42 Å². The SMILES string of the molecule is CCCCCCCCCCCCCCCCCCCCCCC/C=C/C(O)C(COC1OC(CO)C(O)C(OS(=O)(=O)O)C1O)NC(=O)CCCCCCCCCCCCCCCCCCCCCCCCCCCCCCC. The molecule has 470 valence electrons. The van der Waals surface area contributed by atoms with Crippen LogP contribution in [0.25, 0.3) is 0 Å². The Kier molecular flexibility index (Phi) is 53.8. The third-order valence-corrected chi connectivity index (χ3v) is 17.0. The van der Waals surface area contributed by atoms with Crippen LogP contribution in [0.15, 0.2) is 12.2 Å². The third-order valence-electron chi connectivity index (χ3n) is 16.6. The zero-order valence-electron chi connectivity index (χ0n) is 51.5. The number of unbranched alkanes of at least 4 members (excludes halogenated alkanes) is 49. The Morgan fingerprint density at radius 3 is 1.10 bits per heavy atom. The summed E-state index contributed by atoms with van der Waals surface area (Å²) in [6.07, 6.45) is 61.4. The number of ether oxygens (including phenoxy) is 2. The average Bonchev–Trinajstić information content (AvgIpc) is 3.44. The molecule has 1 saturated heterocycles. The standard InChI is InChI=1S/C66H129NO11S/c1-3-5-7-9-11-13-15-17-19-21-23-25-27-28-29-30-31-32-34-36-38-40-42-44-46-48-50-52-54-56-62(70)67-59(58-76-66-64(72)65(78-79(73,74)75)63(71)61(57-68)77-66)60(69)55-53-51-49-47-45-43-41-39-37-35-33-26-24-22-20-18-16-14-12-10-8-6-4-2/h53,55,59-61,63-66,68-69,71-72H,3-52,54,56-58H2,1-2H3,(H,67,70)(H,73,74,75)/b55-53+. The van der Waals surface area contributed by atoms with Crippen LogP contribution in [0.2, 0.25) is 0 Å². The molecule has 1 amide bonds. The van der Waals surface area contributed by atoms with Gasteiger partial charge in [0.05, 0.1) is 25.4 Å². The summed E-state index contributed by atoms with van der Waals surface area (Å²) in [5.74, 6) is -0.253. The molecule has 1 aliphatic heterocycles. The van der Waals surface area contributed by atoms with Crippen molar-refractivity contribution in [3.8, 4) is 0 Å². The molecule has 7 unspecified atom stereocenters. The summed E-state index contributed by atoms with van der Waals surface area (Å²) >= 11 is 0. The molecule has 0 aromatic carbocycles. The lowest BCUT2D eigenvalue weighted by Gasteiger charge is -2.41. The molecule has 1 heterocycles. The normalized spacial score (nSPS) is 18.7. The molecule has 0 bridgehead atoms. The van der Waals surface area contributed by atoms with Gasteiger partial charge in [-0.3, -0.25) is 9.35 Å². The van der Waals surface area contributed by atoms with E-state index in [9.17, 15) is 38.2 Å². The summed E-state index contributed by atoms with van der Waals surface area (Å²) in [7, 11) is -5.09. The average molecular weight is 1140 g/mol. The van der Waals surface area contributed by atoms with Crippen molar-refractivity contribution in [2.45, 2.75) is 391 Å². The van der Waals surface area contributed by atoms with E-state index < -0.39 is 59.9 Å². The fourth-order valence-electron chi connectivity index (χ4n) is 11.3. The highest BCUT2D eigenvalue weighted by Crippen LogP contribution is 2.26. The second kappa shape index (κ2) is 56.0. The summed E-state index contributed by atoms with van der Waals surface area (Å²) in [5.41, 5.74) is 0. The van der Waals surface area contributed by atoms with Crippen molar-refractivity contribution in [1.82, 2.24) is 5.32 Å². The van der Waals surface area contributed by atoms with E-state index in [1.807, 2.05) is 6.08 Å². The predicted molar refractivity (Wildman–Crippen MR) is 329 cm³/mol. The minimum Gasteiger partial charge on any atom is -0.394 e. The smallest absolute Gasteiger partial charge is 0.394 e. The molecule has 13 heteroatoms. The quantitative estimate of drug-likeness (QED) is 0.0193. The molecule has 0 aromatic heterocycles. The maximum absolute atomic E-state index is 13.2. The lowest BCUT2D eigenvalue weighted by molar-refractivity contribution is -0.298. The molecule has 79 heavy (non-hydrogen) atoms. The molecule has 1 rings (SSSR count). The van der Waals surface area contributed by atoms with Crippen LogP contribution < -0.4 is 5.32 Å². The maximum Gasteiger partial charge on any atom is 0.397 e. The van der Waals surface area contributed by atoms with Gasteiger partial charge in [0.15, 0.2) is 6.29 Å². The first-order valence-electron chi connectivity index (χ1n) is 34.1. The largest absolute Gasteiger partial charge is 0.397 e. The van der Waals surface area contributed by atoms with Crippen molar-refractivity contribution < 1.29 is 51.8 Å². The number of hydrogen-bond acceptors (Lipinski definition) is 10. The predicted octanol–water partition coefficient (Wildman–Crippen LogP) is 17.4. The van der Waals surface area contributed by atoms with E-state index in [0.717, 1.165) is 38.5 Å². The van der Waals surface area contributed by atoms with Crippen LogP contribution in [0.1, 0.15) is 348 Å². The molecule has 12 nitrogen and oxygen atoms in total. The number of aliphatic hydroxyl groups excluding tert-OH is 4. The Morgan fingerprint density at radius 1 is 0.494 bits per heavy atom. The van der Waals surface area contributed by atoms with Gasteiger partial charge in [-0.2, -0.15) is 8.42 Å². The second-order valence-electron chi connectivity index (χ2n) is 24.1. The Balaban J connectivity index is 2.26. The van der Waals surface area contributed by atoms with Crippen molar-refractivity contribution in [2.75, 3.05) is 13.2 Å². The molecule has 0 spiro atoms. The molecule has 0 saturated carbocycles. The van der Waals surface area contributed by atoms with Gasteiger partial charge in [0, 0.05) is 6.42 Å². The fraction of sp³-hybridized carbons (Fsp3) is 0.955. The fourth-order valence-corrected chi connectivity index (χ4v) is 11.9. The number of nitrogens with one attached hydrogen (secondary N) is 1. The lowest BCUT2D eigenvalue weighted by atomic mass is 9.99. The molecule has 6 N–H and O–H groups in total. The first-order valence-corrected chi connectivity index (χ1v) is 35.4. The lowest BCUT2D eigenvalue weighted by Crippen LogP contribution is -2.61. The first-order chi connectivity index (χ1) is 38.5. The summed E-state index contributed by atoms with van der Waals surface area (Å²) in [4.78, 5) is 13.2. The van der Waals surface area contributed by atoms with Crippen LogP contribution in [0.3, 0.4) is 0 Å². The van der Waals surface area contributed by atoms with E-state index in [2.05, 4.69) is 23.3 Å². The van der Waals surface area contributed by atoms with Crippen molar-refractivity contribution in [3.63, 3.8) is 0 Å². The van der Waals surface area contributed by atoms with E-state index >= 15 is 0 Å². The number of aliphatic hydroxyl groups is 4. The number of hydrogen-bond donors (Lipinski definition) is 6. The van der Waals surface area contributed by atoms with Crippen LogP contribution in [0.4, 0.5) is 0 Å². The summed E-state index contributed by atoms with van der Waals surface area (Å²) in [5, 5.41) is 45.1. The first kappa shape index (κ1) is 75.9. The van der Waals surface area contributed by atoms with Gasteiger partial charge in [0.25, 0.3) is 0 Å². The van der Waals surface area contributed by atoms with E-state index in [-0.39, 0.29) is 18.9 Å². The maximum atomic E-state index is 13.2. The summed E-state index contributed by atoms with van der Waals surface area (Å²) < 4.78 is 48.0. The molecule has 1 aliphatic rings. The highest BCUT2D eigenvalue weighted by molar-refractivity contribution is 7.80. The highest BCUT2D eigenvalue weighted by Gasteiger charge is 2.48. The highest BCUT2D eigenvalue weighted by atomic mass is 32.3. The van der Waals surface area contributed by atoms with Crippen molar-refractivity contribution in [2.24, 2.45) is 0 Å². The Labute approximate surface area is 487 Å². The topological polar surface area (TPSA) is 192 Å². The van der Waals surface area contributed by atoms with Crippen LogP contribution in [0, 0.1) is 0 Å². The van der Waals surface area contributed by atoms with Crippen LogP contribution >= 0.6 is 0 Å². The van der Waals surface area contributed by atoms with Crippen LogP contribution in [0.5, 0.6) is 0 Å². The molecule has 7 atom stereocenters. The van der Waals surface area contributed by atoms with Gasteiger partial charge in [-0.1, -0.05) is 334 Å². The molecular formula is C66H129NO11S. The van der Waals surface area contributed by atoms with Crippen molar-refractivity contribution in [3.05, 3.63) is 12.2 Å². The second-order valence-corrected chi connectivity index (χ2v) is 25.2. The van der Waals surface area contributed by atoms with E-state index in [1.165, 1.54) is 283 Å². The number of amides is 1. The Hall–Kier alpha value is -1.16. The molecular weight excluding hydrogens is 1010 g/mol. The Bertz CT molecular complexity index is 1440. The van der Waals surface area contributed by atoms with Gasteiger partial charge in [-0.25, -0.2) is 4.18 Å². The zero-order chi connectivity index (χ0) is 57.5. The number of carbonyl (C=O) groups is 1. The summed E-state index contributed by atoms with van der Waals surface area (Å²) in [6, 6.07) is -0.941. The summed E-state index contributed by atoms with van der Waals surface area (Å²) in [6.45, 7) is 3.47. The van der Waals surface area contributed by atoms with Crippen LogP contribution in [-0.4, -0.2) is 95.4 Å². The van der Waals surface area contributed by atoms with Gasteiger partial charge < -0.3 is 35.2 Å². The molecule has 0 aromatic rings. The van der Waals surface area contributed by atoms with Gasteiger partial charge in [-0.05, 0) is 19.3 Å².